The number of nitrogens with zero attached hydrogens (tertiary/aromatic N) is 3. The summed E-state index contributed by atoms with van der Waals surface area (Å²) in [6.07, 6.45) is 0.311. The standard InChI is InChI=1S/C19H17Cl2N3O2/c1-11-3-5-13(6-4-11)12(2)7-15(25)10-24-19(26)16-8-14(20)9-17(21)18(16)22-23-24/h3-6,8-9,12H,7,10H2,1-2H3/t12-/m1/s1. The zero-order chi connectivity index (χ0) is 18.8. The number of hydrogen-bond donors (Lipinski definition) is 0. The van der Waals surface area contributed by atoms with Crippen LogP contribution in [0.1, 0.15) is 30.4 Å². The molecule has 0 spiro atoms. The third-order valence-electron chi connectivity index (χ3n) is 4.25. The van der Waals surface area contributed by atoms with Gasteiger partial charge in [0.25, 0.3) is 5.56 Å². The van der Waals surface area contributed by atoms with Gasteiger partial charge in [-0.25, -0.2) is 4.68 Å². The van der Waals surface area contributed by atoms with E-state index in [1.807, 2.05) is 38.1 Å². The van der Waals surface area contributed by atoms with Crippen molar-refractivity contribution >= 4 is 39.9 Å². The van der Waals surface area contributed by atoms with Gasteiger partial charge in [0.1, 0.15) is 12.1 Å². The van der Waals surface area contributed by atoms with Crippen LogP contribution in [-0.4, -0.2) is 20.8 Å². The van der Waals surface area contributed by atoms with E-state index >= 15 is 0 Å². The second kappa shape index (κ2) is 7.56. The number of rotatable bonds is 5. The molecule has 0 N–H and O–H groups in total. The number of Topliss-reactive ketones (excluding diaryl/α,β-unsaturated/α-hetero) is 1. The summed E-state index contributed by atoms with van der Waals surface area (Å²) in [4.78, 5) is 25.0. The fourth-order valence-corrected chi connectivity index (χ4v) is 3.33. The monoisotopic (exact) mass is 389 g/mol. The Balaban J connectivity index is 1.80. The number of halogens is 2. The van der Waals surface area contributed by atoms with Crippen molar-refractivity contribution in [1.29, 1.82) is 0 Å². The van der Waals surface area contributed by atoms with E-state index in [2.05, 4.69) is 10.3 Å². The van der Waals surface area contributed by atoms with Crippen LogP contribution in [0, 0.1) is 6.92 Å². The first-order valence-electron chi connectivity index (χ1n) is 8.16. The molecule has 134 valence electrons. The minimum absolute atomic E-state index is 0.0520. The normalized spacial score (nSPS) is 12.3. The average Bonchev–Trinajstić information content (AvgIpc) is 2.58. The molecular weight excluding hydrogens is 373 g/mol. The lowest BCUT2D eigenvalue weighted by Crippen LogP contribution is -2.28. The Morgan fingerprint density at radius 2 is 1.88 bits per heavy atom. The number of carbonyl (C=O) groups excluding carboxylic acids is 1. The number of aryl methyl sites for hydroxylation is 1. The van der Waals surface area contributed by atoms with Crippen LogP contribution in [0.4, 0.5) is 0 Å². The van der Waals surface area contributed by atoms with E-state index in [4.69, 9.17) is 23.2 Å². The van der Waals surface area contributed by atoms with Gasteiger partial charge in [0.05, 0.1) is 10.4 Å². The number of aromatic nitrogens is 3. The molecule has 3 rings (SSSR count). The van der Waals surface area contributed by atoms with Crippen molar-refractivity contribution in [2.75, 3.05) is 0 Å². The molecule has 1 atom stereocenters. The Morgan fingerprint density at radius 1 is 1.19 bits per heavy atom. The van der Waals surface area contributed by atoms with Crippen molar-refractivity contribution in [3.05, 3.63) is 67.9 Å². The molecule has 0 aliphatic heterocycles. The van der Waals surface area contributed by atoms with Crippen LogP contribution >= 0.6 is 23.2 Å². The molecule has 0 aliphatic rings. The van der Waals surface area contributed by atoms with Gasteiger partial charge in [-0.05, 0) is 30.5 Å². The maximum absolute atomic E-state index is 12.6. The van der Waals surface area contributed by atoms with Crippen molar-refractivity contribution in [3.8, 4) is 0 Å². The Hall–Kier alpha value is -2.24. The summed E-state index contributed by atoms with van der Waals surface area (Å²) in [7, 11) is 0. The van der Waals surface area contributed by atoms with Gasteiger partial charge < -0.3 is 0 Å². The van der Waals surface area contributed by atoms with E-state index in [1.54, 1.807) is 0 Å². The quantitative estimate of drug-likeness (QED) is 0.656. The molecule has 0 amide bonds. The Morgan fingerprint density at radius 3 is 2.58 bits per heavy atom. The Labute approximate surface area is 160 Å². The van der Waals surface area contributed by atoms with E-state index < -0.39 is 5.56 Å². The van der Waals surface area contributed by atoms with Crippen LogP contribution in [0.15, 0.2) is 41.2 Å². The van der Waals surface area contributed by atoms with E-state index in [9.17, 15) is 9.59 Å². The first kappa shape index (κ1) is 18.5. The Kier molecular flexibility index (Phi) is 5.39. The third kappa shape index (κ3) is 3.94. The molecule has 0 saturated heterocycles. The van der Waals surface area contributed by atoms with Gasteiger partial charge in [-0.2, -0.15) is 0 Å². The molecule has 1 heterocycles. The molecule has 3 aromatic rings. The summed E-state index contributed by atoms with van der Waals surface area (Å²) in [6.45, 7) is 3.86. The van der Waals surface area contributed by atoms with Gasteiger partial charge in [-0.15, -0.1) is 5.10 Å². The maximum atomic E-state index is 12.6. The zero-order valence-electron chi connectivity index (χ0n) is 14.4. The summed E-state index contributed by atoms with van der Waals surface area (Å²) < 4.78 is 1.05. The SMILES string of the molecule is Cc1ccc([C@H](C)CC(=O)Cn2nnc3c(Cl)cc(Cl)cc3c2=O)cc1. The molecular formula is C19H17Cl2N3O2. The number of benzene rings is 2. The lowest BCUT2D eigenvalue weighted by Gasteiger charge is -2.12. The van der Waals surface area contributed by atoms with Crippen molar-refractivity contribution in [3.63, 3.8) is 0 Å². The minimum atomic E-state index is -0.435. The Bertz CT molecular complexity index is 1030. The third-order valence-corrected chi connectivity index (χ3v) is 4.76. The van der Waals surface area contributed by atoms with Gasteiger partial charge in [0, 0.05) is 11.4 Å². The molecule has 5 nitrogen and oxygen atoms in total. The summed E-state index contributed by atoms with van der Waals surface area (Å²) in [5, 5.41) is 8.62. The predicted molar refractivity (Wildman–Crippen MR) is 103 cm³/mol. The van der Waals surface area contributed by atoms with Crippen LogP contribution < -0.4 is 5.56 Å². The average molecular weight is 390 g/mol. The van der Waals surface area contributed by atoms with Crippen molar-refractivity contribution in [1.82, 2.24) is 15.0 Å². The fourth-order valence-electron chi connectivity index (χ4n) is 2.80. The summed E-state index contributed by atoms with van der Waals surface area (Å²) >= 11 is 12.0. The van der Waals surface area contributed by atoms with Crippen molar-refractivity contribution in [2.45, 2.75) is 32.7 Å². The summed E-state index contributed by atoms with van der Waals surface area (Å²) in [6, 6.07) is 11.0. The highest BCUT2D eigenvalue weighted by Crippen LogP contribution is 2.24. The van der Waals surface area contributed by atoms with Crippen LogP contribution in [0.25, 0.3) is 10.9 Å². The molecule has 0 bridgehead atoms. The van der Waals surface area contributed by atoms with Crippen LogP contribution in [-0.2, 0) is 11.3 Å². The zero-order valence-corrected chi connectivity index (χ0v) is 15.9. The second-order valence-electron chi connectivity index (χ2n) is 6.39. The van der Waals surface area contributed by atoms with E-state index in [-0.39, 0.29) is 34.2 Å². The number of ketones is 1. The van der Waals surface area contributed by atoms with Crippen LogP contribution in [0.5, 0.6) is 0 Å². The molecule has 0 aliphatic carbocycles. The van der Waals surface area contributed by atoms with Crippen LogP contribution in [0.2, 0.25) is 10.0 Å². The highest BCUT2D eigenvalue weighted by Gasteiger charge is 2.15. The topological polar surface area (TPSA) is 64.8 Å². The summed E-state index contributed by atoms with van der Waals surface area (Å²) in [5.41, 5.74) is 2.09. The van der Waals surface area contributed by atoms with E-state index in [1.165, 1.54) is 17.7 Å². The first-order valence-corrected chi connectivity index (χ1v) is 8.91. The van der Waals surface area contributed by atoms with Gasteiger partial charge in [0.2, 0.25) is 0 Å². The largest absolute Gasteiger partial charge is 0.298 e. The molecule has 0 saturated carbocycles. The molecule has 7 heteroatoms. The smallest absolute Gasteiger partial charge is 0.278 e. The maximum Gasteiger partial charge on any atom is 0.278 e. The number of hydrogen-bond acceptors (Lipinski definition) is 4. The molecule has 1 aromatic heterocycles. The van der Waals surface area contributed by atoms with Gasteiger partial charge in [0.15, 0.2) is 5.78 Å². The molecule has 0 unspecified atom stereocenters. The van der Waals surface area contributed by atoms with Gasteiger partial charge in [-0.3, -0.25) is 9.59 Å². The lowest BCUT2D eigenvalue weighted by atomic mass is 9.95. The van der Waals surface area contributed by atoms with Crippen LogP contribution in [0.3, 0.4) is 0 Å². The fraction of sp³-hybridized carbons (Fsp3) is 0.263. The highest BCUT2D eigenvalue weighted by molar-refractivity contribution is 6.38. The minimum Gasteiger partial charge on any atom is -0.298 e. The van der Waals surface area contributed by atoms with Crippen molar-refractivity contribution < 1.29 is 4.79 Å². The number of fused-ring (bicyclic) bond motifs is 1. The molecule has 0 radical (unpaired) electrons. The molecule has 2 aromatic carbocycles. The van der Waals surface area contributed by atoms with E-state index in [0.717, 1.165) is 10.2 Å². The van der Waals surface area contributed by atoms with Gasteiger partial charge >= 0.3 is 0 Å². The number of carbonyl (C=O) groups is 1. The summed E-state index contributed by atoms with van der Waals surface area (Å²) in [5.74, 6) is -0.0435. The predicted octanol–water partition coefficient (Wildman–Crippen LogP) is 4.17. The first-order chi connectivity index (χ1) is 12.3. The lowest BCUT2D eigenvalue weighted by molar-refractivity contribution is -0.120. The highest BCUT2D eigenvalue weighted by atomic mass is 35.5. The second-order valence-corrected chi connectivity index (χ2v) is 7.23. The molecule has 26 heavy (non-hydrogen) atoms. The van der Waals surface area contributed by atoms with Crippen molar-refractivity contribution in [2.24, 2.45) is 0 Å². The van der Waals surface area contributed by atoms with Gasteiger partial charge in [-0.1, -0.05) is 65.2 Å². The molecule has 0 fully saturated rings. The van der Waals surface area contributed by atoms with E-state index in [0.29, 0.717) is 11.4 Å².